The van der Waals surface area contributed by atoms with Crippen LogP contribution in [-0.4, -0.2) is 49.3 Å². The van der Waals surface area contributed by atoms with E-state index in [9.17, 15) is 0 Å². The molecular weight excluding hydrogens is 248 g/mol. The van der Waals surface area contributed by atoms with Gasteiger partial charge in [0.15, 0.2) is 0 Å². The van der Waals surface area contributed by atoms with Crippen molar-refractivity contribution >= 4 is 0 Å². The number of rotatable bonds is 6. The maximum absolute atomic E-state index is 5.29. The van der Waals surface area contributed by atoms with Crippen molar-refractivity contribution in [2.24, 2.45) is 5.92 Å². The summed E-state index contributed by atoms with van der Waals surface area (Å²) in [6.45, 7) is 10.4. The van der Waals surface area contributed by atoms with Gasteiger partial charge in [-0.3, -0.25) is 4.90 Å². The van der Waals surface area contributed by atoms with Crippen molar-refractivity contribution in [1.29, 1.82) is 0 Å². The maximum atomic E-state index is 5.29. The second-order valence-electron chi connectivity index (χ2n) is 7.45. The van der Waals surface area contributed by atoms with E-state index in [1.807, 2.05) is 7.11 Å². The minimum atomic E-state index is 0.425. The molecule has 1 aliphatic heterocycles. The quantitative estimate of drug-likeness (QED) is 0.810. The van der Waals surface area contributed by atoms with Crippen LogP contribution in [0, 0.1) is 5.92 Å². The number of ether oxygens (including phenoxy) is 1. The van der Waals surface area contributed by atoms with Gasteiger partial charge in [0, 0.05) is 44.4 Å². The molecule has 0 bridgehead atoms. The molecule has 2 rings (SSSR count). The number of piperazine rings is 1. The zero-order valence-corrected chi connectivity index (χ0v) is 14.0. The van der Waals surface area contributed by atoms with Crippen molar-refractivity contribution in [1.82, 2.24) is 10.2 Å². The average Bonchev–Trinajstić information content (AvgIpc) is 2.86. The number of nitrogens with one attached hydrogen (secondary N) is 1. The molecule has 0 amide bonds. The van der Waals surface area contributed by atoms with E-state index in [1.165, 1.54) is 45.2 Å². The Bertz CT molecular complexity index is 287. The van der Waals surface area contributed by atoms with Crippen LogP contribution in [0.4, 0.5) is 0 Å². The zero-order valence-electron chi connectivity index (χ0n) is 14.0. The van der Waals surface area contributed by atoms with E-state index in [4.69, 9.17) is 4.74 Å². The fraction of sp³-hybridized carbons (Fsp3) is 1.00. The minimum absolute atomic E-state index is 0.425. The van der Waals surface area contributed by atoms with Crippen molar-refractivity contribution in [3.63, 3.8) is 0 Å². The number of nitrogens with zero attached hydrogens (tertiary/aromatic N) is 1. The molecule has 1 spiro atoms. The highest BCUT2D eigenvalue weighted by molar-refractivity contribution is 5.02. The van der Waals surface area contributed by atoms with Crippen LogP contribution in [0.3, 0.4) is 0 Å². The van der Waals surface area contributed by atoms with Crippen LogP contribution >= 0.6 is 0 Å². The standard InChI is InChI=1S/C17H34N2O/c1-14(2)11-16-12-18-17(8-5-6-9-17)13-19(16)15(3)7-10-20-4/h14-16,18H,5-13H2,1-4H3. The van der Waals surface area contributed by atoms with Crippen molar-refractivity contribution in [3.8, 4) is 0 Å². The molecule has 2 fully saturated rings. The van der Waals surface area contributed by atoms with E-state index >= 15 is 0 Å². The molecule has 3 nitrogen and oxygen atoms in total. The molecule has 1 saturated carbocycles. The van der Waals surface area contributed by atoms with Gasteiger partial charge >= 0.3 is 0 Å². The first-order chi connectivity index (χ1) is 9.56. The highest BCUT2D eigenvalue weighted by Gasteiger charge is 2.42. The molecule has 1 aliphatic carbocycles. The molecular formula is C17H34N2O. The first-order valence-electron chi connectivity index (χ1n) is 8.56. The Hall–Kier alpha value is -0.120. The maximum Gasteiger partial charge on any atom is 0.0477 e. The van der Waals surface area contributed by atoms with Gasteiger partial charge in [-0.25, -0.2) is 0 Å². The van der Waals surface area contributed by atoms with E-state index in [0.29, 0.717) is 17.6 Å². The predicted molar refractivity (Wildman–Crippen MR) is 85.1 cm³/mol. The smallest absolute Gasteiger partial charge is 0.0477 e. The average molecular weight is 282 g/mol. The fourth-order valence-corrected chi connectivity index (χ4v) is 4.11. The number of methoxy groups -OCH3 is 1. The van der Waals surface area contributed by atoms with Crippen LogP contribution in [0.2, 0.25) is 0 Å². The summed E-state index contributed by atoms with van der Waals surface area (Å²) in [5.41, 5.74) is 0.425. The first kappa shape index (κ1) is 16.3. The normalized spacial score (nSPS) is 28.4. The van der Waals surface area contributed by atoms with E-state index in [0.717, 1.165) is 18.9 Å². The molecule has 2 unspecified atom stereocenters. The molecule has 118 valence electrons. The predicted octanol–water partition coefficient (Wildman–Crippen LogP) is 3.04. The largest absolute Gasteiger partial charge is 0.385 e. The summed E-state index contributed by atoms with van der Waals surface area (Å²) in [4.78, 5) is 2.79. The van der Waals surface area contributed by atoms with Crippen molar-refractivity contribution in [2.45, 2.75) is 76.9 Å². The summed E-state index contributed by atoms with van der Waals surface area (Å²) < 4.78 is 5.29. The van der Waals surface area contributed by atoms with Gasteiger partial charge in [-0.1, -0.05) is 26.7 Å². The third kappa shape index (κ3) is 3.96. The summed E-state index contributed by atoms with van der Waals surface area (Å²) in [5.74, 6) is 0.775. The lowest BCUT2D eigenvalue weighted by atomic mass is 9.88. The molecule has 2 aliphatic rings. The van der Waals surface area contributed by atoms with E-state index in [1.54, 1.807) is 0 Å². The minimum Gasteiger partial charge on any atom is -0.385 e. The Morgan fingerprint density at radius 2 is 1.95 bits per heavy atom. The molecule has 0 radical (unpaired) electrons. The van der Waals surface area contributed by atoms with Crippen LogP contribution in [0.15, 0.2) is 0 Å². The summed E-state index contributed by atoms with van der Waals surface area (Å²) in [7, 11) is 1.81. The van der Waals surface area contributed by atoms with Crippen LogP contribution < -0.4 is 5.32 Å². The summed E-state index contributed by atoms with van der Waals surface area (Å²) >= 11 is 0. The van der Waals surface area contributed by atoms with Gasteiger partial charge in [0.2, 0.25) is 0 Å². The Labute approximate surface area is 125 Å². The van der Waals surface area contributed by atoms with E-state index in [-0.39, 0.29) is 0 Å². The van der Waals surface area contributed by atoms with Crippen LogP contribution in [0.1, 0.15) is 59.3 Å². The molecule has 1 N–H and O–H groups in total. The van der Waals surface area contributed by atoms with Crippen molar-refractivity contribution < 1.29 is 4.74 Å². The Kier molecular flexibility index (Phi) is 5.88. The fourth-order valence-electron chi connectivity index (χ4n) is 4.11. The van der Waals surface area contributed by atoms with Gasteiger partial charge in [-0.05, 0) is 38.5 Å². The molecule has 20 heavy (non-hydrogen) atoms. The highest BCUT2D eigenvalue weighted by Crippen LogP contribution is 2.35. The van der Waals surface area contributed by atoms with Gasteiger partial charge < -0.3 is 10.1 Å². The lowest BCUT2D eigenvalue weighted by Crippen LogP contribution is -2.65. The van der Waals surface area contributed by atoms with Crippen molar-refractivity contribution in [3.05, 3.63) is 0 Å². The first-order valence-corrected chi connectivity index (χ1v) is 8.56. The van der Waals surface area contributed by atoms with Crippen LogP contribution in [-0.2, 0) is 4.74 Å². The van der Waals surface area contributed by atoms with Gasteiger partial charge in [-0.2, -0.15) is 0 Å². The molecule has 1 saturated heterocycles. The molecule has 3 heteroatoms. The summed E-state index contributed by atoms with van der Waals surface area (Å²) in [5, 5.41) is 3.92. The molecule has 0 aromatic heterocycles. The third-order valence-corrected chi connectivity index (χ3v) is 5.28. The second kappa shape index (κ2) is 7.24. The Morgan fingerprint density at radius 1 is 1.25 bits per heavy atom. The highest BCUT2D eigenvalue weighted by atomic mass is 16.5. The lowest BCUT2D eigenvalue weighted by molar-refractivity contribution is 0.0273. The zero-order chi connectivity index (χ0) is 14.6. The SMILES string of the molecule is COCCC(C)N1CC2(CCCC2)NCC1CC(C)C. The summed E-state index contributed by atoms with van der Waals surface area (Å²) in [6, 6.07) is 1.34. The lowest BCUT2D eigenvalue weighted by Gasteiger charge is -2.49. The Balaban J connectivity index is 2.01. The van der Waals surface area contributed by atoms with Gasteiger partial charge in [0.05, 0.1) is 0 Å². The topological polar surface area (TPSA) is 24.5 Å². The Morgan fingerprint density at radius 3 is 2.55 bits per heavy atom. The van der Waals surface area contributed by atoms with E-state index in [2.05, 4.69) is 31.0 Å². The van der Waals surface area contributed by atoms with Gasteiger partial charge in [-0.15, -0.1) is 0 Å². The molecule has 0 aromatic rings. The molecule has 1 heterocycles. The van der Waals surface area contributed by atoms with Gasteiger partial charge in [0.1, 0.15) is 0 Å². The third-order valence-electron chi connectivity index (χ3n) is 5.28. The van der Waals surface area contributed by atoms with Gasteiger partial charge in [0.25, 0.3) is 0 Å². The number of hydrogen-bond acceptors (Lipinski definition) is 3. The monoisotopic (exact) mass is 282 g/mol. The molecule has 2 atom stereocenters. The second-order valence-corrected chi connectivity index (χ2v) is 7.45. The number of hydrogen-bond donors (Lipinski definition) is 1. The van der Waals surface area contributed by atoms with Crippen LogP contribution in [0.5, 0.6) is 0 Å². The molecule has 0 aromatic carbocycles. The van der Waals surface area contributed by atoms with Crippen molar-refractivity contribution in [2.75, 3.05) is 26.8 Å². The van der Waals surface area contributed by atoms with Crippen LogP contribution in [0.25, 0.3) is 0 Å². The van der Waals surface area contributed by atoms with E-state index < -0.39 is 0 Å². The summed E-state index contributed by atoms with van der Waals surface area (Å²) in [6.07, 6.45) is 8.01.